The number of rotatable bonds is 7. The van der Waals surface area contributed by atoms with Crippen molar-refractivity contribution in [3.63, 3.8) is 0 Å². The highest BCUT2D eigenvalue weighted by molar-refractivity contribution is 5.07. The standard InChI is InChI=1S/C13H20N2O/c1-4-9-15(6-3)11-13-8-7-12(16-13)10-14-5-2/h1,7-8,14H,5-6,9-11H2,2-3H3. The summed E-state index contributed by atoms with van der Waals surface area (Å²) in [4.78, 5) is 2.16. The quantitative estimate of drug-likeness (QED) is 0.711. The Bertz CT molecular complexity index is 338. The molecule has 0 spiro atoms. The van der Waals surface area contributed by atoms with E-state index in [-0.39, 0.29) is 0 Å². The predicted octanol–water partition coefficient (Wildman–Crippen LogP) is 1.84. The van der Waals surface area contributed by atoms with Crippen molar-refractivity contribution in [1.29, 1.82) is 0 Å². The summed E-state index contributed by atoms with van der Waals surface area (Å²) in [6, 6.07) is 4.04. The Morgan fingerprint density at radius 2 is 2.12 bits per heavy atom. The lowest BCUT2D eigenvalue weighted by Gasteiger charge is -2.15. The SMILES string of the molecule is C#CCN(CC)Cc1ccc(CNCC)o1. The summed E-state index contributed by atoms with van der Waals surface area (Å²) in [5.74, 6) is 4.61. The lowest BCUT2D eigenvalue weighted by molar-refractivity contribution is 0.280. The molecule has 0 aromatic carbocycles. The van der Waals surface area contributed by atoms with Gasteiger partial charge in [-0.05, 0) is 25.2 Å². The average molecular weight is 220 g/mol. The minimum absolute atomic E-state index is 0.666. The van der Waals surface area contributed by atoms with Gasteiger partial charge in [0.1, 0.15) is 11.5 Å². The molecule has 3 heteroatoms. The first-order valence-corrected chi connectivity index (χ1v) is 5.74. The molecule has 0 aliphatic carbocycles. The van der Waals surface area contributed by atoms with Crippen molar-refractivity contribution in [3.05, 3.63) is 23.7 Å². The van der Waals surface area contributed by atoms with Crippen LogP contribution in [0.3, 0.4) is 0 Å². The van der Waals surface area contributed by atoms with Crippen LogP contribution >= 0.6 is 0 Å². The third kappa shape index (κ3) is 4.09. The molecule has 0 fully saturated rings. The van der Waals surface area contributed by atoms with Crippen LogP contribution in [0, 0.1) is 12.3 Å². The van der Waals surface area contributed by atoms with E-state index >= 15 is 0 Å². The summed E-state index contributed by atoms with van der Waals surface area (Å²) in [5.41, 5.74) is 0. The minimum atomic E-state index is 0.666. The molecule has 0 unspecified atom stereocenters. The molecule has 0 saturated carbocycles. The summed E-state index contributed by atoms with van der Waals surface area (Å²) >= 11 is 0. The average Bonchev–Trinajstić information content (AvgIpc) is 2.73. The van der Waals surface area contributed by atoms with Crippen LogP contribution in [0.4, 0.5) is 0 Å². The van der Waals surface area contributed by atoms with Crippen molar-refractivity contribution in [2.75, 3.05) is 19.6 Å². The molecular formula is C13H20N2O. The second-order valence-corrected chi connectivity index (χ2v) is 3.66. The molecule has 1 heterocycles. The number of terminal acetylenes is 1. The van der Waals surface area contributed by atoms with Gasteiger partial charge >= 0.3 is 0 Å². The Morgan fingerprint density at radius 1 is 1.38 bits per heavy atom. The molecule has 1 N–H and O–H groups in total. The molecule has 0 atom stereocenters. The van der Waals surface area contributed by atoms with Gasteiger partial charge in [0, 0.05) is 0 Å². The number of nitrogens with one attached hydrogen (secondary N) is 1. The Balaban J connectivity index is 2.47. The molecule has 0 radical (unpaired) electrons. The molecule has 0 saturated heterocycles. The van der Waals surface area contributed by atoms with Gasteiger partial charge in [-0.2, -0.15) is 0 Å². The van der Waals surface area contributed by atoms with E-state index in [1.165, 1.54) is 0 Å². The van der Waals surface area contributed by atoms with Crippen LogP contribution in [0.25, 0.3) is 0 Å². The maximum atomic E-state index is 5.69. The molecule has 1 aromatic heterocycles. The Kier molecular flexibility index (Phi) is 5.69. The zero-order chi connectivity index (χ0) is 11.8. The van der Waals surface area contributed by atoms with Gasteiger partial charge in [0.25, 0.3) is 0 Å². The molecule has 0 bridgehead atoms. The first-order chi connectivity index (χ1) is 7.80. The summed E-state index contributed by atoms with van der Waals surface area (Å²) in [7, 11) is 0. The van der Waals surface area contributed by atoms with Crippen LogP contribution in [-0.2, 0) is 13.1 Å². The maximum absolute atomic E-state index is 5.69. The van der Waals surface area contributed by atoms with Gasteiger partial charge in [0.15, 0.2) is 0 Å². The molecular weight excluding hydrogens is 200 g/mol. The highest BCUT2D eigenvalue weighted by Crippen LogP contribution is 2.10. The van der Waals surface area contributed by atoms with Crippen molar-refractivity contribution >= 4 is 0 Å². The summed E-state index contributed by atoms with van der Waals surface area (Å²) in [6.07, 6.45) is 5.30. The molecule has 0 amide bonds. The van der Waals surface area contributed by atoms with Crippen LogP contribution in [0.2, 0.25) is 0 Å². The molecule has 88 valence electrons. The molecule has 3 nitrogen and oxygen atoms in total. The number of hydrogen-bond donors (Lipinski definition) is 1. The Labute approximate surface area is 97.8 Å². The Morgan fingerprint density at radius 3 is 2.75 bits per heavy atom. The third-order valence-corrected chi connectivity index (χ3v) is 2.41. The highest BCUT2D eigenvalue weighted by atomic mass is 16.3. The van der Waals surface area contributed by atoms with Crippen LogP contribution in [0.5, 0.6) is 0 Å². The minimum Gasteiger partial charge on any atom is -0.463 e. The van der Waals surface area contributed by atoms with Crippen molar-refractivity contribution in [1.82, 2.24) is 10.2 Å². The van der Waals surface area contributed by atoms with Gasteiger partial charge < -0.3 is 9.73 Å². The predicted molar refractivity (Wildman–Crippen MR) is 65.9 cm³/mol. The van der Waals surface area contributed by atoms with Gasteiger partial charge in [-0.25, -0.2) is 0 Å². The van der Waals surface area contributed by atoms with Crippen LogP contribution in [-0.4, -0.2) is 24.5 Å². The smallest absolute Gasteiger partial charge is 0.118 e. The van der Waals surface area contributed by atoms with Crippen LogP contribution in [0.1, 0.15) is 25.4 Å². The van der Waals surface area contributed by atoms with Gasteiger partial charge in [-0.3, -0.25) is 4.90 Å². The first kappa shape index (κ1) is 12.8. The topological polar surface area (TPSA) is 28.4 Å². The first-order valence-electron chi connectivity index (χ1n) is 5.74. The van der Waals surface area contributed by atoms with Crippen LogP contribution in [0.15, 0.2) is 16.5 Å². The van der Waals surface area contributed by atoms with E-state index in [4.69, 9.17) is 10.8 Å². The fourth-order valence-corrected chi connectivity index (χ4v) is 1.48. The van der Waals surface area contributed by atoms with E-state index in [1.807, 2.05) is 12.1 Å². The lowest BCUT2D eigenvalue weighted by Crippen LogP contribution is -2.22. The zero-order valence-electron chi connectivity index (χ0n) is 10.1. The van der Waals surface area contributed by atoms with Gasteiger partial charge in [0.05, 0.1) is 19.6 Å². The van der Waals surface area contributed by atoms with Gasteiger partial charge in [-0.1, -0.05) is 19.8 Å². The number of hydrogen-bond acceptors (Lipinski definition) is 3. The third-order valence-electron chi connectivity index (χ3n) is 2.41. The summed E-state index contributed by atoms with van der Waals surface area (Å²) < 4.78 is 5.69. The monoisotopic (exact) mass is 220 g/mol. The lowest BCUT2D eigenvalue weighted by atomic mass is 10.3. The second-order valence-electron chi connectivity index (χ2n) is 3.66. The van der Waals surface area contributed by atoms with Crippen molar-refractivity contribution < 1.29 is 4.42 Å². The van der Waals surface area contributed by atoms with Crippen molar-refractivity contribution in [2.45, 2.75) is 26.9 Å². The van der Waals surface area contributed by atoms with Gasteiger partial charge in [0.2, 0.25) is 0 Å². The zero-order valence-corrected chi connectivity index (χ0v) is 10.1. The van der Waals surface area contributed by atoms with E-state index < -0.39 is 0 Å². The van der Waals surface area contributed by atoms with E-state index in [0.717, 1.165) is 37.7 Å². The molecule has 16 heavy (non-hydrogen) atoms. The Hall–Kier alpha value is -1.24. The number of nitrogens with zero attached hydrogens (tertiary/aromatic N) is 1. The van der Waals surface area contributed by atoms with E-state index in [1.54, 1.807) is 0 Å². The molecule has 1 aromatic rings. The second kappa shape index (κ2) is 7.10. The van der Waals surface area contributed by atoms with Crippen LogP contribution < -0.4 is 5.32 Å². The molecule has 0 aliphatic rings. The van der Waals surface area contributed by atoms with Gasteiger partial charge in [-0.15, -0.1) is 6.42 Å². The van der Waals surface area contributed by atoms with E-state index in [2.05, 4.69) is 30.0 Å². The highest BCUT2D eigenvalue weighted by Gasteiger charge is 2.06. The largest absolute Gasteiger partial charge is 0.463 e. The van der Waals surface area contributed by atoms with E-state index in [9.17, 15) is 0 Å². The van der Waals surface area contributed by atoms with Crippen molar-refractivity contribution in [3.8, 4) is 12.3 Å². The fourth-order valence-electron chi connectivity index (χ4n) is 1.48. The van der Waals surface area contributed by atoms with E-state index in [0.29, 0.717) is 6.54 Å². The van der Waals surface area contributed by atoms with Crippen molar-refractivity contribution in [2.24, 2.45) is 0 Å². The normalized spacial score (nSPS) is 10.6. The fraction of sp³-hybridized carbons (Fsp3) is 0.538. The summed E-state index contributed by atoms with van der Waals surface area (Å²) in [6.45, 7) is 8.31. The molecule has 1 rings (SSSR count). The molecule has 0 aliphatic heterocycles. The summed E-state index contributed by atoms with van der Waals surface area (Å²) in [5, 5.41) is 3.23. The number of furan rings is 1. The maximum Gasteiger partial charge on any atom is 0.118 e.